The average molecular weight is 830 g/mol. The maximum absolute atomic E-state index is 9.61. The largest absolute Gasteiger partial charge is 0.678 e. The number of aromatic hydroxyl groups is 1. The van der Waals surface area contributed by atoms with Crippen LogP contribution in [0.2, 0.25) is 7.25 Å². The SMILES string of the molecule is C1CC[CH]([Bi][CH]2CCCCC2)CC1.OC1CCCC2CCC[N-]C12.OC1CCCC2CCC[N-]C12.Oc1cccc2c1[N-]CC=C2. The van der Waals surface area contributed by atoms with Crippen molar-refractivity contribution in [1.29, 1.82) is 0 Å². The second-order valence-corrected chi connectivity index (χ2v) is 21.6. The molecule has 6 unspecified atom stereocenters. The first-order valence-corrected chi connectivity index (χ1v) is 23.2. The van der Waals surface area contributed by atoms with E-state index in [0.717, 1.165) is 37.2 Å². The van der Waals surface area contributed by atoms with Gasteiger partial charge in [0, 0.05) is 12.2 Å². The number of aliphatic hydroxyl groups excluding tert-OH is 2. The van der Waals surface area contributed by atoms with Crippen LogP contribution in [0.15, 0.2) is 24.3 Å². The molecule has 0 bridgehead atoms. The summed E-state index contributed by atoms with van der Waals surface area (Å²) >= 11 is -0.0593. The molecule has 0 spiro atoms. The van der Waals surface area contributed by atoms with Crippen LogP contribution >= 0.6 is 0 Å². The molecule has 6 nitrogen and oxygen atoms in total. The Labute approximate surface area is 291 Å². The van der Waals surface area contributed by atoms with Crippen molar-refractivity contribution in [3.63, 3.8) is 0 Å². The van der Waals surface area contributed by atoms with Crippen molar-refractivity contribution in [2.24, 2.45) is 11.8 Å². The number of hydrogen-bond acceptors (Lipinski definition) is 3. The third kappa shape index (κ3) is 11.4. The van der Waals surface area contributed by atoms with E-state index in [2.05, 4.69) is 16.0 Å². The monoisotopic (exact) mass is 829 g/mol. The fourth-order valence-electron chi connectivity index (χ4n) is 8.79. The number of rotatable bonds is 2. The van der Waals surface area contributed by atoms with E-state index in [1.807, 2.05) is 24.3 Å². The molecule has 3 heterocycles. The Balaban J connectivity index is 0.000000121. The van der Waals surface area contributed by atoms with Crippen molar-refractivity contribution in [3.05, 3.63) is 45.8 Å². The Hall–Kier alpha value is -0.717. The minimum absolute atomic E-state index is 0.0593. The number of fused-ring (bicyclic) bond motifs is 3. The molecule has 0 aromatic heterocycles. The number of aliphatic hydroxyl groups is 2. The first-order valence-electron chi connectivity index (χ1n) is 19.1. The van der Waals surface area contributed by atoms with Gasteiger partial charge in [-0.05, 0) is 24.5 Å². The van der Waals surface area contributed by atoms with E-state index in [4.69, 9.17) is 0 Å². The van der Waals surface area contributed by atoms with Crippen LogP contribution in [0.3, 0.4) is 0 Å². The minimum atomic E-state index is -0.117. The molecule has 1 radical (unpaired) electrons. The van der Waals surface area contributed by atoms with Crippen molar-refractivity contribution in [3.8, 4) is 5.75 Å². The summed E-state index contributed by atoms with van der Waals surface area (Å²) in [5.74, 6) is 1.70. The van der Waals surface area contributed by atoms with Gasteiger partial charge in [0.2, 0.25) is 0 Å². The van der Waals surface area contributed by atoms with E-state index < -0.39 is 0 Å². The predicted molar refractivity (Wildman–Crippen MR) is 194 cm³/mol. The molecule has 1 aromatic rings. The predicted octanol–water partition coefficient (Wildman–Crippen LogP) is 9.99. The van der Waals surface area contributed by atoms with Gasteiger partial charge in [-0.2, -0.15) is 0 Å². The van der Waals surface area contributed by atoms with Gasteiger partial charge < -0.3 is 31.3 Å². The summed E-state index contributed by atoms with van der Waals surface area (Å²) in [5, 5.41) is 41.7. The molecule has 1 aromatic carbocycles. The maximum Gasteiger partial charge on any atom is 0.101 e. The normalized spacial score (nSPS) is 32.7. The van der Waals surface area contributed by atoms with Crippen molar-refractivity contribution in [1.82, 2.24) is 0 Å². The molecule has 4 aliphatic carbocycles. The first-order chi connectivity index (χ1) is 22.6. The third-order valence-electron chi connectivity index (χ3n) is 11.3. The molecular formula is C39H62BiN3O3-3. The van der Waals surface area contributed by atoms with Gasteiger partial charge in [0.15, 0.2) is 0 Å². The minimum Gasteiger partial charge on any atom is -0.678 e. The van der Waals surface area contributed by atoms with E-state index in [1.54, 1.807) is 70.3 Å². The summed E-state index contributed by atoms with van der Waals surface area (Å²) in [4.78, 5) is 0. The summed E-state index contributed by atoms with van der Waals surface area (Å²) < 4.78 is 2.61. The van der Waals surface area contributed by atoms with Crippen LogP contribution in [0.5, 0.6) is 5.75 Å². The standard InChI is InChI=1S/2C9H16NO.C9H8NO.2C6H11.Bi/c3*11-8-5-1-3-7-4-2-6-10-9(7)8;2*1-2-4-6-5-3-1;/h2*7-9,11H,1-6H2;1-5,11H,6H2;2*1H,2-6H2;/q3*-1;;;. The van der Waals surface area contributed by atoms with E-state index in [1.165, 1.54) is 58.6 Å². The van der Waals surface area contributed by atoms with Crippen LogP contribution in [0, 0.1) is 11.8 Å². The van der Waals surface area contributed by atoms with Crippen molar-refractivity contribution >= 4 is 35.0 Å². The zero-order valence-electron chi connectivity index (χ0n) is 28.4. The molecule has 7 aliphatic rings. The number of piperidine rings is 2. The molecular weight excluding hydrogens is 767 g/mol. The molecule has 8 rings (SSSR count). The molecule has 6 atom stereocenters. The smallest absolute Gasteiger partial charge is 0.101 e. The second-order valence-electron chi connectivity index (χ2n) is 14.8. The molecule has 2 saturated heterocycles. The van der Waals surface area contributed by atoms with Crippen LogP contribution in [0.25, 0.3) is 22.0 Å². The van der Waals surface area contributed by atoms with Gasteiger partial charge in [0.25, 0.3) is 0 Å². The Morgan fingerprint density at radius 3 is 1.61 bits per heavy atom. The van der Waals surface area contributed by atoms with E-state index in [9.17, 15) is 15.3 Å². The summed E-state index contributed by atoms with van der Waals surface area (Å²) in [6, 6.07) is 6.02. The van der Waals surface area contributed by atoms with Gasteiger partial charge in [-0.3, -0.25) is 0 Å². The van der Waals surface area contributed by atoms with Gasteiger partial charge >= 0.3 is 94.7 Å². The van der Waals surface area contributed by atoms with E-state index in [0.29, 0.717) is 30.5 Å². The van der Waals surface area contributed by atoms with Crippen LogP contribution in [0.1, 0.15) is 134 Å². The Morgan fingerprint density at radius 2 is 1.11 bits per heavy atom. The molecule has 3 aliphatic heterocycles. The third-order valence-corrected chi connectivity index (χ3v) is 18.6. The molecule has 259 valence electrons. The molecule has 3 N–H and O–H groups in total. The fourth-order valence-corrected chi connectivity index (χ4v) is 16.3. The van der Waals surface area contributed by atoms with Crippen LogP contribution < -0.4 is 0 Å². The number of para-hydroxylation sites is 1. The number of phenolic OH excluding ortho intramolecular Hbond substituents is 1. The fraction of sp³-hybridized carbons (Fsp3) is 0.795. The van der Waals surface area contributed by atoms with Gasteiger partial charge in [-0.1, -0.05) is 87.1 Å². The summed E-state index contributed by atoms with van der Waals surface area (Å²) in [7, 11) is 0. The number of hydrogen-bond donors (Lipinski definition) is 3. The van der Waals surface area contributed by atoms with Gasteiger partial charge in [0.1, 0.15) is 5.75 Å². The Bertz CT molecular complexity index is 976. The van der Waals surface area contributed by atoms with E-state index >= 15 is 0 Å². The molecule has 0 amide bonds. The van der Waals surface area contributed by atoms with Crippen molar-refractivity contribution < 1.29 is 15.3 Å². The number of nitrogens with zero attached hydrogens (tertiary/aromatic N) is 3. The average Bonchev–Trinajstić information content (AvgIpc) is 3.11. The zero-order chi connectivity index (χ0) is 32.0. The zero-order valence-corrected chi connectivity index (χ0v) is 31.9. The van der Waals surface area contributed by atoms with Crippen LogP contribution in [-0.2, 0) is 0 Å². The number of benzene rings is 1. The Kier molecular flexibility index (Phi) is 16.0. The second kappa shape index (κ2) is 20.1. The maximum atomic E-state index is 9.61. The summed E-state index contributed by atoms with van der Waals surface area (Å²) in [5.41, 5.74) is 1.71. The molecule has 4 saturated carbocycles. The van der Waals surface area contributed by atoms with Gasteiger partial charge in [-0.25, -0.2) is 0 Å². The van der Waals surface area contributed by atoms with Gasteiger partial charge in [0.05, 0.1) is 0 Å². The van der Waals surface area contributed by atoms with Crippen LogP contribution in [0.4, 0.5) is 5.69 Å². The summed E-state index contributed by atoms with van der Waals surface area (Å²) in [6.45, 7) is 2.64. The van der Waals surface area contributed by atoms with Crippen LogP contribution in [-0.4, -0.2) is 82.5 Å². The van der Waals surface area contributed by atoms with E-state index in [-0.39, 0.29) is 41.2 Å². The van der Waals surface area contributed by atoms with Crippen molar-refractivity contribution in [2.75, 3.05) is 19.6 Å². The molecule has 6 fully saturated rings. The first kappa shape index (κ1) is 36.6. The number of phenols is 1. The Morgan fingerprint density at radius 1 is 0.587 bits per heavy atom. The topological polar surface area (TPSA) is 103 Å². The molecule has 46 heavy (non-hydrogen) atoms. The molecule has 7 heteroatoms. The van der Waals surface area contributed by atoms with Gasteiger partial charge in [-0.15, -0.1) is 37.8 Å². The quantitative estimate of drug-likeness (QED) is 0.259. The summed E-state index contributed by atoms with van der Waals surface area (Å²) in [6.07, 6.45) is 31.7. The van der Waals surface area contributed by atoms with Crippen molar-refractivity contribution in [2.45, 2.75) is 160 Å².